The number of aromatic nitrogens is 4. The first-order valence-electron chi connectivity index (χ1n) is 14.8. The number of para-hydroxylation sites is 2. The fraction of sp³-hybridized carbons (Fsp3) is 0.147. The van der Waals surface area contributed by atoms with Crippen LogP contribution in [-0.4, -0.2) is 62.0 Å². The summed E-state index contributed by atoms with van der Waals surface area (Å²) in [6, 6.07) is 24.5. The molecule has 2 amide bonds. The largest absolute Gasteiger partial charge is 0.506 e. The van der Waals surface area contributed by atoms with Crippen molar-refractivity contribution in [2.75, 3.05) is 36.6 Å². The molecular formula is C34H31FN8O3S. The van der Waals surface area contributed by atoms with Crippen LogP contribution in [0, 0.1) is 5.26 Å². The first-order valence-corrected chi connectivity index (χ1v) is 15.5. The molecule has 13 heteroatoms. The van der Waals surface area contributed by atoms with Crippen LogP contribution in [0.1, 0.15) is 23.2 Å². The van der Waals surface area contributed by atoms with Crippen molar-refractivity contribution in [1.82, 2.24) is 24.5 Å². The van der Waals surface area contributed by atoms with E-state index in [1.165, 1.54) is 0 Å². The molecule has 0 saturated carbocycles. The fourth-order valence-corrected chi connectivity index (χ4v) is 5.46. The number of rotatable bonds is 11. The van der Waals surface area contributed by atoms with Gasteiger partial charge in [-0.3, -0.25) is 14.7 Å². The van der Waals surface area contributed by atoms with Crippen LogP contribution in [0.5, 0.6) is 5.75 Å². The summed E-state index contributed by atoms with van der Waals surface area (Å²) in [5.41, 5.74) is 5.21. The summed E-state index contributed by atoms with van der Waals surface area (Å²) in [5, 5.41) is 27.0. The van der Waals surface area contributed by atoms with Gasteiger partial charge in [-0.25, -0.2) is 0 Å². The number of hydrogen-bond donors (Lipinski definition) is 5. The van der Waals surface area contributed by atoms with E-state index in [9.17, 15) is 19.1 Å². The first kappa shape index (κ1) is 31.3. The van der Waals surface area contributed by atoms with Crippen molar-refractivity contribution in [1.29, 1.82) is 0 Å². The van der Waals surface area contributed by atoms with Gasteiger partial charge in [-0.1, -0.05) is 12.1 Å². The maximum absolute atomic E-state index is 13.5. The molecule has 47 heavy (non-hydrogen) atoms. The smallest absolute Gasteiger partial charge is 0.288 e. The highest BCUT2D eigenvalue weighted by atomic mass is 32.1. The van der Waals surface area contributed by atoms with Crippen molar-refractivity contribution < 1.29 is 19.1 Å². The third-order valence-corrected chi connectivity index (χ3v) is 7.82. The number of nitrogens with one attached hydrogen (secondary N) is 4. The van der Waals surface area contributed by atoms with Gasteiger partial charge in [0.05, 0.1) is 16.9 Å². The number of anilines is 4. The van der Waals surface area contributed by atoms with Gasteiger partial charge < -0.3 is 26.0 Å². The molecule has 2 aromatic heterocycles. The van der Waals surface area contributed by atoms with E-state index in [1.54, 1.807) is 60.7 Å². The van der Waals surface area contributed by atoms with E-state index in [4.69, 9.17) is 0 Å². The van der Waals surface area contributed by atoms with Crippen LogP contribution in [0.3, 0.4) is 0 Å². The van der Waals surface area contributed by atoms with E-state index in [-0.39, 0.29) is 17.5 Å². The Bertz CT molecular complexity index is 2060. The minimum atomic E-state index is -0.618. The zero-order chi connectivity index (χ0) is 32.9. The Morgan fingerprint density at radius 1 is 0.915 bits per heavy atom. The summed E-state index contributed by atoms with van der Waals surface area (Å²) in [5.74, 6) is -0.146. The number of phenolic OH excluding ortho intramolecular Hbond substituents is 1. The van der Waals surface area contributed by atoms with E-state index in [1.807, 2.05) is 43.3 Å². The number of phenols is 1. The van der Waals surface area contributed by atoms with Gasteiger partial charge in [0.1, 0.15) is 5.75 Å². The third kappa shape index (κ3) is 7.60. The van der Waals surface area contributed by atoms with Crippen molar-refractivity contribution in [2.45, 2.75) is 12.8 Å². The lowest BCUT2D eigenvalue weighted by atomic mass is 10.0. The maximum atomic E-state index is 13.5. The first-order chi connectivity index (χ1) is 22.7. The molecule has 0 bridgehead atoms. The molecule has 0 fully saturated rings. The number of aromatic amines is 1. The zero-order valence-electron chi connectivity index (χ0n) is 25.5. The van der Waals surface area contributed by atoms with E-state index >= 15 is 0 Å². The standard InChI is InChI=1S/C34H31FN8O3S/c1-43(2)15-5-8-30(45)37-25-17-21(31-26-14-13-24(19-28(26)40-41-31)36-27-6-3-4-7-29(27)44)16-22(18-25)33(46)38-23-11-9-20(10-12-23)32-39-34(35)47-42-32/h3-4,6-7,9-14,16-19,36,44H,5,8,15H2,1-2H3,(H,37,45)(H,38,46)(H,40,41). The van der Waals surface area contributed by atoms with Gasteiger partial charge in [0, 0.05) is 57.1 Å². The van der Waals surface area contributed by atoms with Crippen LogP contribution in [-0.2, 0) is 4.79 Å². The lowest BCUT2D eigenvalue weighted by Crippen LogP contribution is -2.18. The minimum Gasteiger partial charge on any atom is -0.506 e. The molecule has 4 aromatic carbocycles. The second-order valence-corrected chi connectivity index (χ2v) is 11.8. The molecule has 11 nitrogen and oxygen atoms in total. The monoisotopic (exact) mass is 650 g/mol. The number of benzene rings is 4. The summed E-state index contributed by atoms with van der Waals surface area (Å²) in [6.07, 6.45) is 1.01. The number of halogens is 1. The van der Waals surface area contributed by atoms with Crippen molar-refractivity contribution in [3.63, 3.8) is 0 Å². The summed E-state index contributed by atoms with van der Waals surface area (Å²) in [4.78, 5) is 32.1. The van der Waals surface area contributed by atoms with Gasteiger partial charge in [-0.15, -0.1) is 0 Å². The van der Waals surface area contributed by atoms with Crippen LogP contribution >= 0.6 is 11.5 Å². The topological polar surface area (TPSA) is 148 Å². The number of amides is 2. The summed E-state index contributed by atoms with van der Waals surface area (Å²) < 4.78 is 17.3. The van der Waals surface area contributed by atoms with Crippen molar-refractivity contribution in [2.24, 2.45) is 0 Å². The van der Waals surface area contributed by atoms with Crippen molar-refractivity contribution in [3.8, 4) is 28.4 Å². The average Bonchev–Trinajstić information content (AvgIpc) is 3.68. The van der Waals surface area contributed by atoms with Crippen LogP contribution in [0.2, 0.25) is 0 Å². The molecule has 6 rings (SSSR count). The number of aromatic hydroxyl groups is 1. The normalized spacial score (nSPS) is 11.1. The second kappa shape index (κ2) is 13.8. The molecule has 0 atom stereocenters. The highest BCUT2D eigenvalue weighted by Crippen LogP contribution is 2.33. The number of hydrogen-bond acceptors (Lipinski definition) is 9. The van der Waals surface area contributed by atoms with Gasteiger partial charge in [0.15, 0.2) is 5.82 Å². The van der Waals surface area contributed by atoms with Crippen LogP contribution < -0.4 is 16.0 Å². The van der Waals surface area contributed by atoms with Crippen molar-refractivity contribution in [3.05, 3.63) is 95.8 Å². The van der Waals surface area contributed by atoms with Gasteiger partial charge in [-0.05, 0) is 99.9 Å². The van der Waals surface area contributed by atoms with Crippen LogP contribution in [0.25, 0.3) is 33.5 Å². The minimum absolute atomic E-state index is 0.129. The van der Waals surface area contributed by atoms with Crippen molar-refractivity contribution >= 4 is 57.0 Å². The van der Waals surface area contributed by atoms with E-state index in [0.717, 1.165) is 17.6 Å². The lowest BCUT2D eigenvalue weighted by molar-refractivity contribution is -0.116. The predicted molar refractivity (Wildman–Crippen MR) is 183 cm³/mol. The molecule has 6 aromatic rings. The third-order valence-electron chi connectivity index (χ3n) is 7.32. The number of carbonyl (C=O) groups is 2. The quantitative estimate of drug-likeness (QED) is 0.0955. The molecular weight excluding hydrogens is 619 g/mol. The van der Waals surface area contributed by atoms with Crippen LogP contribution in [0.4, 0.5) is 27.1 Å². The Hall–Kier alpha value is -5.66. The molecule has 2 heterocycles. The maximum Gasteiger partial charge on any atom is 0.288 e. The molecule has 0 aliphatic rings. The molecule has 0 spiro atoms. The second-order valence-electron chi connectivity index (χ2n) is 11.1. The van der Waals surface area contributed by atoms with Gasteiger partial charge >= 0.3 is 0 Å². The highest BCUT2D eigenvalue weighted by molar-refractivity contribution is 7.03. The Morgan fingerprint density at radius 2 is 1.70 bits per heavy atom. The Balaban J connectivity index is 1.28. The lowest BCUT2D eigenvalue weighted by Gasteiger charge is -2.13. The highest BCUT2D eigenvalue weighted by Gasteiger charge is 2.16. The Morgan fingerprint density at radius 3 is 2.45 bits per heavy atom. The average molecular weight is 651 g/mol. The molecule has 5 N–H and O–H groups in total. The summed E-state index contributed by atoms with van der Waals surface area (Å²) >= 11 is 0.675. The Kier molecular flexibility index (Phi) is 9.18. The molecule has 0 aliphatic carbocycles. The molecule has 238 valence electrons. The van der Waals surface area contributed by atoms with Gasteiger partial charge in [-0.2, -0.15) is 18.8 Å². The summed E-state index contributed by atoms with van der Waals surface area (Å²) in [6.45, 7) is 0.772. The van der Waals surface area contributed by atoms with E-state index < -0.39 is 11.2 Å². The van der Waals surface area contributed by atoms with Crippen LogP contribution in [0.15, 0.2) is 84.9 Å². The summed E-state index contributed by atoms with van der Waals surface area (Å²) in [7, 11) is 3.91. The molecule has 0 aliphatic heterocycles. The van der Waals surface area contributed by atoms with E-state index in [0.29, 0.717) is 69.3 Å². The molecule has 0 saturated heterocycles. The number of carbonyl (C=O) groups excluding carboxylic acids is 2. The number of nitrogens with zero attached hydrogens (tertiary/aromatic N) is 4. The van der Waals surface area contributed by atoms with Gasteiger partial charge in [0.2, 0.25) is 5.91 Å². The van der Waals surface area contributed by atoms with Gasteiger partial charge in [0.25, 0.3) is 11.2 Å². The fourth-order valence-electron chi connectivity index (χ4n) is 5.03. The number of fused-ring (bicyclic) bond motifs is 1. The molecule has 0 radical (unpaired) electrons. The Labute approximate surface area is 273 Å². The zero-order valence-corrected chi connectivity index (χ0v) is 26.4. The predicted octanol–water partition coefficient (Wildman–Crippen LogP) is 6.87. The van der Waals surface area contributed by atoms with E-state index in [2.05, 4.69) is 35.5 Å². The SMILES string of the molecule is CN(C)CCCC(=O)Nc1cc(C(=O)Nc2ccc(-c3nsc(F)n3)cc2)cc(-c2[nH]nc3cc(Nc4ccccc4O)ccc23)c1. The number of H-pyrrole nitrogens is 1. The molecule has 0 unspecified atom stereocenters.